The fourth-order valence-electron chi connectivity index (χ4n) is 6.36. The van der Waals surface area contributed by atoms with E-state index in [1.807, 2.05) is 13.8 Å². The third kappa shape index (κ3) is 6.49. The molecule has 0 aliphatic heterocycles. The highest BCUT2D eigenvalue weighted by Gasteiger charge is 2.40. The Bertz CT molecular complexity index is 1630. The van der Waals surface area contributed by atoms with Gasteiger partial charge in [-0.1, -0.05) is 134 Å². The number of aliphatic imine (C=N–C) groups is 1. The molecule has 0 unspecified atom stereocenters. The Morgan fingerprint density at radius 3 is 1.75 bits per heavy atom. The highest BCUT2D eigenvalue weighted by atomic mass is 35.5. The van der Waals surface area contributed by atoms with E-state index in [0.717, 1.165) is 24.4 Å². The Kier molecular flexibility index (Phi) is 12.0. The summed E-state index contributed by atoms with van der Waals surface area (Å²) in [6.45, 7) is 23.2. The number of para-hydroxylation sites is 2. The number of rotatable bonds is 8. The molecule has 0 fully saturated rings. The second-order valence-corrected chi connectivity index (χ2v) is 12.5. The Morgan fingerprint density at radius 2 is 1.20 bits per heavy atom. The quantitative estimate of drug-likeness (QED) is 0.143. The van der Waals surface area contributed by atoms with Gasteiger partial charge in [0.1, 0.15) is 5.71 Å². The number of benzene rings is 4. The van der Waals surface area contributed by atoms with Crippen LogP contribution in [0.25, 0.3) is 10.8 Å². The first-order valence-electron chi connectivity index (χ1n) is 16.4. The van der Waals surface area contributed by atoms with E-state index in [1.165, 1.54) is 55.6 Å². The summed E-state index contributed by atoms with van der Waals surface area (Å²) in [6, 6.07) is 26.9. The molecule has 0 atom stereocenters. The van der Waals surface area contributed by atoms with E-state index < -0.39 is 0 Å². The molecule has 1 aliphatic carbocycles. The van der Waals surface area contributed by atoms with Crippen LogP contribution in [0.5, 0.6) is 0 Å². The highest BCUT2D eigenvalue weighted by molar-refractivity contribution is 6.59. The number of aryl methyl sites for hydroxylation is 1. The van der Waals surface area contributed by atoms with Crippen molar-refractivity contribution in [1.82, 2.24) is 5.01 Å². The van der Waals surface area contributed by atoms with Crippen LogP contribution >= 0.6 is 12.4 Å². The first kappa shape index (κ1) is 35.1. The lowest BCUT2D eigenvalue weighted by atomic mass is 9.92. The molecular weight excluding hydrogens is 558 g/mol. The molecule has 5 rings (SSSR count). The predicted octanol–water partition coefficient (Wildman–Crippen LogP) is 11.5. The summed E-state index contributed by atoms with van der Waals surface area (Å²) < 4.78 is 2.52. The third-order valence-corrected chi connectivity index (χ3v) is 8.41. The van der Waals surface area contributed by atoms with E-state index >= 15 is 0 Å². The number of hydrazine groups is 1. The van der Waals surface area contributed by atoms with Crippen LogP contribution in [-0.2, 0) is 0 Å². The molecule has 0 saturated carbocycles. The van der Waals surface area contributed by atoms with Gasteiger partial charge in [0.15, 0.2) is 0 Å². The van der Waals surface area contributed by atoms with Gasteiger partial charge in [-0.15, -0.1) is 12.4 Å². The molecule has 0 amide bonds. The van der Waals surface area contributed by atoms with Crippen molar-refractivity contribution in [2.75, 3.05) is 13.6 Å². The summed E-state index contributed by atoms with van der Waals surface area (Å²) in [5, 5.41) is 4.98. The summed E-state index contributed by atoms with van der Waals surface area (Å²) in [5.74, 6) is 1.14. The maximum Gasteiger partial charge on any atom is 0.269 e. The average Bonchev–Trinajstić information content (AvgIpc) is 3.29. The van der Waals surface area contributed by atoms with Crippen LogP contribution in [0.4, 0.5) is 11.4 Å². The number of hydrogen-bond acceptors (Lipinski definition) is 2. The molecule has 4 heteroatoms. The molecule has 0 heterocycles. The van der Waals surface area contributed by atoms with Crippen LogP contribution in [-0.4, -0.2) is 34.7 Å². The van der Waals surface area contributed by atoms with E-state index in [4.69, 9.17) is 4.99 Å². The Morgan fingerprint density at radius 1 is 0.705 bits per heavy atom. The molecule has 234 valence electrons. The van der Waals surface area contributed by atoms with Gasteiger partial charge in [0.25, 0.3) is 5.71 Å². The topological polar surface area (TPSA) is 18.6 Å². The molecule has 0 radical (unpaired) electrons. The van der Waals surface area contributed by atoms with Gasteiger partial charge in [-0.3, -0.25) is 0 Å². The number of hydrazone groups is 1. The molecule has 44 heavy (non-hydrogen) atoms. The molecule has 0 N–H and O–H groups in total. The van der Waals surface area contributed by atoms with Gasteiger partial charge in [-0.2, -0.15) is 5.01 Å². The Labute approximate surface area is 273 Å². The normalized spacial score (nSPS) is 14.3. The van der Waals surface area contributed by atoms with E-state index in [2.05, 4.69) is 145 Å². The van der Waals surface area contributed by atoms with Gasteiger partial charge in [0.2, 0.25) is 5.69 Å². The molecule has 0 aromatic heterocycles. The minimum absolute atomic E-state index is 0. The van der Waals surface area contributed by atoms with E-state index in [9.17, 15) is 0 Å². The van der Waals surface area contributed by atoms with Crippen LogP contribution < -0.4 is 0 Å². The van der Waals surface area contributed by atoms with Gasteiger partial charge in [-0.25, -0.2) is 4.99 Å². The second kappa shape index (κ2) is 15.0. The molecule has 4 aromatic rings. The van der Waals surface area contributed by atoms with Gasteiger partial charge in [0.05, 0.1) is 24.8 Å². The van der Waals surface area contributed by atoms with Crippen LogP contribution in [0, 0.1) is 6.92 Å². The van der Waals surface area contributed by atoms with Gasteiger partial charge in [0, 0.05) is 22.1 Å². The molecular formula is C40H53ClN3+. The van der Waals surface area contributed by atoms with E-state index in [1.54, 1.807) is 0 Å². The molecule has 0 spiro atoms. The van der Waals surface area contributed by atoms with Crippen molar-refractivity contribution in [1.29, 1.82) is 0 Å². The molecule has 0 saturated heterocycles. The SMILES string of the molecule is CC.CCCN(C)/[N+](=C1\C(=Nc2c(C)cccc2C(C)C)c2cccc3cccc1c23)c1c(C(C)C)cccc1C(C)C.Cl. The van der Waals surface area contributed by atoms with E-state index in [0.29, 0.717) is 17.8 Å². The lowest BCUT2D eigenvalue weighted by molar-refractivity contribution is -0.615. The number of nitrogens with zero attached hydrogens (tertiary/aromatic N) is 3. The fraction of sp³-hybridized carbons (Fsp3) is 0.400. The Hall–Kier alpha value is -3.43. The molecule has 3 nitrogen and oxygen atoms in total. The van der Waals surface area contributed by atoms with Crippen molar-refractivity contribution in [2.24, 2.45) is 4.99 Å². The minimum atomic E-state index is 0. The lowest BCUT2D eigenvalue weighted by Crippen LogP contribution is -2.37. The largest absolute Gasteiger partial charge is 0.269 e. The first-order valence-corrected chi connectivity index (χ1v) is 16.4. The number of halogens is 1. The standard InChI is InChI=1S/C38H46N3.C2H6.ClH/c1-10-23-40(9)41(37-30(25(4)5)19-14-20-31(37)26(6)7)38-33-22-13-17-28-16-12-21-32(34(28)33)36(38)39-35-27(8)15-11-18-29(35)24(2)3;1-2;/h11-22,24-26H,10,23H2,1-9H3;1-2H3;1H/q+1;;/b39-36?,41-38-;;. The maximum absolute atomic E-state index is 5.65. The third-order valence-electron chi connectivity index (χ3n) is 8.41. The summed E-state index contributed by atoms with van der Waals surface area (Å²) >= 11 is 0. The van der Waals surface area contributed by atoms with Crippen molar-refractivity contribution >= 4 is 46.0 Å². The molecule has 1 aliphatic rings. The van der Waals surface area contributed by atoms with Crippen molar-refractivity contribution in [3.05, 3.63) is 106 Å². The van der Waals surface area contributed by atoms with Crippen LogP contribution in [0.2, 0.25) is 0 Å². The van der Waals surface area contributed by atoms with Gasteiger partial charge in [-0.05, 0) is 53.7 Å². The summed E-state index contributed by atoms with van der Waals surface area (Å²) in [4.78, 5) is 5.65. The zero-order valence-corrected chi connectivity index (χ0v) is 29.6. The molecule has 4 aromatic carbocycles. The second-order valence-electron chi connectivity index (χ2n) is 12.5. The number of hydrogen-bond donors (Lipinski definition) is 0. The maximum atomic E-state index is 5.65. The lowest BCUT2D eigenvalue weighted by Gasteiger charge is -2.23. The minimum Gasteiger partial charge on any atom is -0.241 e. The van der Waals surface area contributed by atoms with Gasteiger partial charge >= 0.3 is 0 Å². The monoisotopic (exact) mass is 610 g/mol. The van der Waals surface area contributed by atoms with Crippen LogP contribution in [0.15, 0.2) is 77.8 Å². The smallest absolute Gasteiger partial charge is 0.241 e. The van der Waals surface area contributed by atoms with Crippen molar-refractivity contribution < 1.29 is 4.68 Å². The molecule has 0 bridgehead atoms. The van der Waals surface area contributed by atoms with Crippen LogP contribution in [0.3, 0.4) is 0 Å². The van der Waals surface area contributed by atoms with Crippen molar-refractivity contribution in [3.63, 3.8) is 0 Å². The van der Waals surface area contributed by atoms with Crippen LogP contribution in [0.1, 0.15) is 120 Å². The highest BCUT2D eigenvalue weighted by Crippen LogP contribution is 2.40. The Balaban J connectivity index is 0.00000173. The van der Waals surface area contributed by atoms with Crippen molar-refractivity contribution in [3.8, 4) is 0 Å². The van der Waals surface area contributed by atoms with Gasteiger partial charge < -0.3 is 0 Å². The summed E-state index contributed by atoms with van der Waals surface area (Å²) in [6.07, 6.45) is 1.06. The zero-order valence-electron chi connectivity index (χ0n) is 28.8. The van der Waals surface area contributed by atoms with Crippen molar-refractivity contribution in [2.45, 2.75) is 93.4 Å². The first-order chi connectivity index (χ1) is 20.6. The summed E-state index contributed by atoms with van der Waals surface area (Å²) in [5.41, 5.74) is 12.4. The van der Waals surface area contributed by atoms with E-state index in [-0.39, 0.29) is 12.4 Å². The summed E-state index contributed by atoms with van der Waals surface area (Å²) in [7, 11) is 2.24. The zero-order chi connectivity index (χ0) is 31.4. The average molecular weight is 611 g/mol. The predicted molar refractivity (Wildman–Crippen MR) is 196 cm³/mol. The fourth-order valence-corrected chi connectivity index (χ4v) is 6.36.